The Morgan fingerprint density at radius 1 is 1.38 bits per heavy atom. The summed E-state index contributed by atoms with van der Waals surface area (Å²) in [7, 11) is 4.18. The summed E-state index contributed by atoms with van der Waals surface area (Å²) in [4.78, 5) is 3.59. The smallest absolute Gasteiger partial charge is 0.0412 e. The van der Waals surface area contributed by atoms with Crippen molar-refractivity contribution in [2.24, 2.45) is 0 Å². The second-order valence-electron chi connectivity index (χ2n) is 3.46. The molecule has 1 aliphatic carbocycles. The number of likely N-dealkylation sites (N-methyl/N-ethyl adjacent to an activating group) is 1. The van der Waals surface area contributed by atoms with E-state index < -0.39 is 0 Å². The van der Waals surface area contributed by atoms with Crippen LogP contribution in [0.25, 0.3) is 11.6 Å². The Morgan fingerprint density at radius 3 is 3.00 bits per heavy atom. The summed E-state index contributed by atoms with van der Waals surface area (Å²) in [5.41, 5.74) is 2.74. The molecule has 0 N–H and O–H groups in total. The van der Waals surface area contributed by atoms with Crippen molar-refractivity contribution in [2.45, 2.75) is 0 Å². The highest BCUT2D eigenvalue weighted by Crippen LogP contribution is 2.33. The van der Waals surface area contributed by atoms with E-state index in [1.807, 2.05) is 11.3 Å². The van der Waals surface area contributed by atoms with Gasteiger partial charge >= 0.3 is 0 Å². The Morgan fingerprint density at radius 2 is 2.23 bits per heavy atom. The van der Waals surface area contributed by atoms with Crippen molar-refractivity contribution in [1.82, 2.24) is 4.90 Å². The van der Waals surface area contributed by atoms with Crippen molar-refractivity contribution in [1.29, 1.82) is 0 Å². The second-order valence-corrected chi connectivity index (χ2v) is 4.38. The Labute approximate surface area is 83.0 Å². The van der Waals surface area contributed by atoms with Crippen molar-refractivity contribution < 1.29 is 0 Å². The predicted octanol–water partition coefficient (Wildman–Crippen LogP) is 2.72. The van der Waals surface area contributed by atoms with Gasteiger partial charge in [0.2, 0.25) is 0 Å². The van der Waals surface area contributed by atoms with Gasteiger partial charge in [-0.2, -0.15) is 0 Å². The molecule has 0 unspecified atom stereocenters. The summed E-state index contributed by atoms with van der Waals surface area (Å²) in [6.45, 7) is 1.01. The van der Waals surface area contributed by atoms with Crippen LogP contribution in [-0.4, -0.2) is 25.5 Å². The maximum atomic E-state index is 2.28. The van der Waals surface area contributed by atoms with Crippen LogP contribution in [0.1, 0.15) is 10.4 Å². The number of thiophene rings is 1. The van der Waals surface area contributed by atoms with Crippen molar-refractivity contribution in [3.05, 3.63) is 34.0 Å². The summed E-state index contributed by atoms with van der Waals surface area (Å²) in [6.07, 6.45) is 6.66. The van der Waals surface area contributed by atoms with Gasteiger partial charge in [0, 0.05) is 11.4 Å². The van der Waals surface area contributed by atoms with Gasteiger partial charge in [0.25, 0.3) is 0 Å². The van der Waals surface area contributed by atoms with Crippen LogP contribution >= 0.6 is 11.3 Å². The number of rotatable bonds is 2. The van der Waals surface area contributed by atoms with Gasteiger partial charge in [-0.3, -0.25) is 0 Å². The first-order valence-corrected chi connectivity index (χ1v) is 5.26. The molecule has 68 valence electrons. The first-order chi connectivity index (χ1) is 6.27. The van der Waals surface area contributed by atoms with Gasteiger partial charge in [-0.05, 0) is 36.7 Å². The Balaban J connectivity index is 2.21. The minimum absolute atomic E-state index is 1.01. The molecule has 0 aliphatic heterocycles. The SMILES string of the molecule is CN(C)C/C=C1\C=Cc2ccsc21. The summed E-state index contributed by atoms with van der Waals surface area (Å²) in [5.74, 6) is 0. The van der Waals surface area contributed by atoms with E-state index in [2.05, 4.69) is 48.7 Å². The summed E-state index contributed by atoms with van der Waals surface area (Å²) in [5, 5.41) is 2.15. The molecule has 2 rings (SSSR count). The fourth-order valence-electron chi connectivity index (χ4n) is 1.38. The first-order valence-electron chi connectivity index (χ1n) is 4.38. The predicted molar refractivity (Wildman–Crippen MR) is 59.9 cm³/mol. The molecule has 0 bridgehead atoms. The van der Waals surface area contributed by atoms with Crippen LogP contribution in [0, 0.1) is 0 Å². The Bertz CT molecular complexity index is 358. The minimum Gasteiger partial charge on any atom is -0.306 e. The summed E-state index contributed by atoms with van der Waals surface area (Å²) < 4.78 is 0. The molecule has 13 heavy (non-hydrogen) atoms. The van der Waals surface area contributed by atoms with Crippen LogP contribution in [0.3, 0.4) is 0 Å². The highest BCUT2D eigenvalue weighted by atomic mass is 32.1. The fraction of sp³-hybridized carbons (Fsp3) is 0.273. The van der Waals surface area contributed by atoms with Crippen LogP contribution in [0.2, 0.25) is 0 Å². The van der Waals surface area contributed by atoms with Gasteiger partial charge in [-0.15, -0.1) is 11.3 Å². The van der Waals surface area contributed by atoms with Crippen molar-refractivity contribution in [3.63, 3.8) is 0 Å². The maximum Gasteiger partial charge on any atom is 0.0412 e. The molecule has 1 aromatic rings. The van der Waals surface area contributed by atoms with E-state index in [4.69, 9.17) is 0 Å². The Kier molecular flexibility index (Phi) is 2.34. The number of allylic oxidation sites excluding steroid dienone is 2. The van der Waals surface area contributed by atoms with Gasteiger partial charge < -0.3 is 4.90 Å². The highest BCUT2D eigenvalue weighted by molar-refractivity contribution is 7.11. The van der Waals surface area contributed by atoms with Crippen LogP contribution < -0.4 is 0 Å². The van der Waals surface area contributed by atoms with Crippen molar-refractivity contribution in [2.75, 3.05) is 20.6 Å². The molecule has 0 atom stereocenters. The third-order valence-electron chi connectivity index (χ3n) is 2.08. The molecule has 0 amide bonds. The minimum atomic E-state index is 1.01. The summed E-state index contributed by atoms with van der Waals surface area (Å²) >= 11 is 1.82. The standard InChI is InChI=1S/C11H13NS/c1-12(2)7-5-9-3-4-10-6-8-13-11(9)10/h3-6,8H,7H2,1-2H3/b9-5+. The largest absolute Gasteiger partial charge is 0.306 e. The first kappa shape index (κ1) is 8.73. The third-order valence-corrected chi connectivity index (χ3v) is 3.06. The lowest BCUT2D eigenvalue weighted by atomic mass is 10.2. The van der Waals surface area contributed by atoms with Crippen molar-refractivity contribution in [3.8, 4) is 0 Å². The lowest BCUT2D eigenvalue weighted by Crippen LogP contribution is -2.10. The van der Waals surface area contributed by atoms with Crippen molar-refractivity contribution >= 4 is 23.0 Å². The van der Waals surface area contributed by atoms with E-state index in [-0.39, 0.29) is 0 Å². The van der Waals surface area contributed by atoms with Crippen LogP contribution in [0.15, 0.2) is 23.6 Å². The molecular formula is C11H13NS. The molecule has 1 heterocycles. The Hall–Kier alpha value is -0.860. The van der Waals surface area contributed by atoms with E-state index in [0.717, 1.165) is 6.54 Å². The molecule has 1 nitrogen and oxygen atoms in total. The van der Waals surface area contributed by atoms with Gasteiger partial charge in [-0.25, -0.2) is 0 Å². The third kappa shape index (κ3) is 1.74. The lowest BCUT2D eigenvalue weighted by molar-refractivity contribution is 0.457. The topological polar surface area (TPSA) is 3.24 Å². The van der Waals surface area contributed by atoms with Crippen LogP contribution in [-0.2, 0) is 0 Å². The quantitative estimate of drug-likeness (QED) is 0.694. The molecule has 1 aliphatic rings. The molecule has 2 heteroatoms. The maximum absolute atomic E-state index is 2.28. The molecule has 1 aromatic heterocycles. The van der Waals surface area contributed by atoms with Gasteiger partial charge in [0.1, 0.15) is 0 Å². The van der Waals surface area contributed by atoms with Gasteiger partial charge in [0.05, 0.1) is 0 Å². The van der Waals surface area contributed by atoms with Crippen LogP contribution in [0.5, 0.6) is 0 Å². The molecule has 0 radical (unpaired) electrons. The van der Waals surface area contributed by atoms with E-state index in [0.29, 0.717) is 0 Å². The lowest BCUT2D eigenvalue weighted by Gasteiger charge is -2.05. The molecule has 0 saturated carbocycles. The number of hydrogen-bond donors (Lipinski definition) is 0. The number of fused-ring (bicyclic) bond motifs is 1. The molecular weight excluding hydrogens is 178 g/mol. The van der Waals surface area contributed by atoms with Crippen LogP contribution in [0.4, 0.5) is 0 Å². The van der Waals surface area contributed by atoms with Gasteiger partial charge in [0.15, 0.2) is 0 Å². The van der Waals surface area contributed by atoms with E-state index in [1.54, 1.807) is 0 Å². The zero-order valence-electron chi connectivity index (χ0n) is 7.95. The van der Waals surface area contributed by atoms with E-state index >= 15 is 0 Å². The normalized spacial score (nSPS) is 17.3. The average Bonchev–Trinajstić information content (AvgIpc) is 2.60. The number of hydrogen-bond acceptors (Lipinski definition) is 2. The number of nitrogens with zero attached hydrogens (tertiary/aromatic N) is 1. The second kappa shape index (κ2) is 3.48. The molecule has 0 fully saturated rings. The average molecular weight is 191 g/mol. The zero-order valence-corrected chi connectivity index (χ0v) is 8.77. The van der Waals surface area contributed by atoms with E-state index in [9.17, 15) is 0 Å². The molecule has 0 spiro atoms. The van der Waals surface area contributed by atoms with E-state index in [1.165, 1.54) is 16.0 Å². The zero-order chi connectivity index (χ0) is 9.26. The fourth-order valence-corrected chi connectivity index (χ4v) is 2.29. The van der Waals surface area contributed by atoms with Gasteiger partial charge in [-0.1, -0.05) is 18.2 Å². The molecule has 0 saturated heterocycles. The molecule has 0 aromatic carbocycles. The highest BCUT2D eigenvalue weighted by Gasteiger charge is 2.10. The monoisotopic (exact) mass is 191 g/mol. The summed E-state index contributed by atoms with van der Waals surface area (Å²) in [6, 6.07) is 2.17.